The van der Waals surface area contributed by atoms with Gasteiger partial charge in [0.25, 0.3) is 0 Å². The Labute approximate surface area is 97.1 Å². The van der Waals surface area contributed by atoms with Gasteiger partial charge in [0.2, 0.25) is 0 Å². The van der Waals surface area contributed by atoms with Crippen molar-refractivity contribution in [3.63, 3.8) is 0 Å². The Morgan fingerprint density at radius 2 is 2.27 bits per heavy atom. The van der Waals surface area contributed by atoms with E-state index in [-0.39, 0.29) is 0 Å². The van der Waals surface area contributed by atoms with Crippen molar-refractivity contribution < 1.29 is 0 Å². The number of hydrogen-bond donors (Lipinski definition) is 0. The van der Waals surface area contributed by atoms with E-state index in [2.05, 4.69) is 21.4 Å². The Kier molecular flexibility index (Phi) is 5.73. The number of aryl methyl sites for hydroxylation is 1. The van der Waals surface area contributed by atoms with Crippen LogP contribution in [0.15, 0.2) is 12.4 Å². The lowest BCUT2D eigenvalue weighted by molar-refractivity contribution is 0.290. The van der Waals surface area contributed by atoms with Crippen LogP contribution in [0.1, 0.15) is 19.2 Å². The maximum atomic E-state index is 5.68. The van der Waals surface area contributed by atoms with Crippen LogP contribution in [0.5, 0.6) is 0 Å². The van der Waals surface area contributed by atoms with Crippen molar-refractivity contribution >= 4 is 11.6 Å². The minimum absolute atomic E-state index is 0.749. The summed E-state index contributed by atoms with van der Waals surface area (Å²) in [5.74, 6) is 1.90. The first kappa shape index (κ1) is 12.5. The van der Waals surface area contributed by atoms with Crippen molar-refractivity contribution in [2.75, 3.05) is 25.5 Å². The summed E-state index contributed by atoms with van der Waals surface area (Å²) in [7, 11) is 2.04. The van der Waals surface area contributed by atoms with Crippen LogP contribution in [-0.2, 0) is 13.5 Å². The summed E-state index contributed by atoms with van der Waals surface area (Å²) in [6.45, 7) is 5.43. The lowest BCUT2D eigenvalue weighted by Crippen LogP contribution is -2.27. The first-order valence-corrected chi connectivity index (χ1v) is 6.06. The maximum absolute atomic E-state index is 5.68. The summed E-state index contributed by atoms with van der Waals surface area (Å²) in [6, 6.07) is 0. The third kappa shape index (κ3) is 4.22. The van der Waals surface area contributed by atoms with Gasteiger partial charge < -0.3 is 9.47 Å². The molecule has 15 heavy (non-hydrogen) atoms. The van der Waals surface area contributed by atoms with Crippen molar-refractivity contribution in [1.82, 2.24) is 14.5 Å². The van der Waals surface area contributed by atoms with E-state index in [9.17, 15) is 0 Å². The van der Waals surface area contributed by atoms with Crippen LogP contribution in [-0.4, -0.2) is 40.0 Å². The van der Waals surface area contributed by atoms with Crippen LogP contribution in [0, 0.1) is 0 Å². The van der Waals surface area contributed by atoms with Crippen molar-refractivity contribution in [2.24, 2.45) is 7.05 Å². The van der Waals surface area contributed by atoms with E-state index in [1.165, 1.54) is 0 Å². The molecule has 0 aliphatic carbocycles. The second-order valence-corrected chi connectivity index (χ2v) is 4.06. The van der Waals surface area contributed by atoms with E-state index in [0.29, 0.717) is 0 Å². The summed E-state index contributed by atoms with van der Waals surface area (Å²) in [5, 5.41) is 0. The van der Waals surface area contributed by atoms with E-state index in [1.54, 1.807) is 0 Å². The summed E-state index contributed by atoms with van der Waals surface area (Å²) in [4.78, 5) is 6.73. The van der Waals surface area contributed by atoms with Crippen molar-refractivity contribution in [2.45, 2.75) is 19.8 Å². The molecule has 1 rings (SSSR count). The molecule has 0 saturated heterocycles. The maximum Gasteiger partial charge on any atom is 0.109 e. The molecule has 86 valence electrons. The highest BCUT2D eigenvalue weighted by atomic mass is 35.5. The van der Waals surface area contributed by atoms with Gasteiger partial charge >= 0.3 is 0 Å². The molecular weight excluding hydrogens is 210 g/mol. The average molecular weight is 230 g/mol. The number of hydrogen-bond acceptors (Lipinski definition) is 2. The van der Waals surface area contributed by atoms with E-state index in [1.807, 2.05) is 19.4 Å². The molecular formula is C11H20ClN3. The highest BCUT2D eigenvalue weighted by Crippen LogP contribution is 1.99. The molecule has 0 unspecified atom stereocenters. The van der Waals surface area contributed by atoms with Crippen LogP contribution in [0.25, 0.3) is 0 Å². The van der Waals surface area contributed by atoms with E-state index >= 15 is 0 Å². The van der Waals surface area contributed by atoms with E-state index in [4.69, 9.17) is 11.6 Å². The Morgan fingerprint density at radius 1 is 1.47 bits per heavy atom. The van der Waals surface area contributed by atoms with Gasteiger partial charge in [0.15, 0.2) is 0 Å². The van der Waals surface area contributed by atoms with Crippen molar-refractivity contribution in [1.29, 1.82) is 0 Å². The topological polar surface area (TPSA) is 21.1 Å². The smallest absolute Gasteiger partial charge is 0.109 e. The third-order valence-electron chi connectivity index (χ3n) is 2.63. The number of halogens is 1. The first-order chi connectivity index (χ1) is 7.27. The molecule has 1 heterocycles. The zero-order valence-electron chi connectivity index (χ0n) is 9.62. The number of imidazole rings is 1. The van der Waals surface area contributed by atoms with Crippen LogP contribution in [0.4, 0.5) is 0 Å². The van der Waals surface area contributed by atoms with Gasteiger partial charge in [0.1, 0.15) is 5.82 Å². The molecule has 0 saturated carbocycles. The minimum Gasteiger partial charge on any atom is -0.338 e. The molecule has 0 bridgehead atoms. The zero-order chi connectivity index (χ0) is 11.1. The molecule has 0 N–H and O–H groups in total. The second kappa shape index (κ2) is 6.85. The molecule has 1 aromatic rings. The summed E-state index contributed by atoms with van der Waals surface area (Å²) in [6.07, 6.45) is 5.92. The quantitative estimate of drug-likeness (QED) is 0.667. The SMILES string of the molecule is CCN(CCCCl)CCc1nccn1C. The summed E-state index contributed by atoms with van der Waals surface area (Å²) < 4.78 is 2.08. The largest absolute Gasteiger partial charge is 0.338 e. The van der Waals surface area contributed by atoms with Gasteiger partial charge in [0.05, 0.1) is 0 Å². The average Bonchev–Trinajstić information content (AvgIpc) is 2.65. The molecule has 0 aliphatic heterocycles. The predicted molar refractivity (Wildman–Crippen MR) is 64.4 cm³/mol. The van der Waals surface area contributed by atoms with Gasteiger partial charge in [-0.25, -0.2) is 4.98 Å². The van der Waals surface area contributed by atoms with Gasteiger partial charge in [-0.1, -0.05) is 6.92 Å². The lowest BCUT2D eigenvalue weighted by Gasteiger charge is -2.19. The lowest BCUT2D eigenvalue weighted by atomic mass is 10.3. The molecule has 4 heteroatoms. The fourth-order valence-electron chi connectivity index (χ4n) is 1.61. The molecule has 0 amide bonds. The Balaban J connectivity index is 2.31. The van der Waals surface area contributed by atoms with Crippen molar-refractivity contribution in [3.8, 4) is 0 Å². The second-order valence-electron chi connectivity index (χ2n) is 3.68. The fraction of sp³-hybridized carbons (Fsp3) is 0.727. The van der Waals surface area contributed by atoms with Crippen LogP contribution in [0.2, 0.25) is 0 Å². The van der Waals surface area contributed by atoms with Crippen LogP contribution < -0.4 is 0 Å². The molecule has 0 spiro atoms. The molecule has 0 aliphatic rings. The Bertz CT molecular complexity index is 273. The van der Waals surface area contributed by atoms with Gasteiger partial charge in [-0.15, -0.1) is 11.6 Å². The van der Waals surface area contributed by atoms with Crippen molar-refractivity contribution in [3.05, 3.63) is 18.2 Å². The highest BCUT2D eigenvalue weighted by molar-refractivity contribution is 6.17. The highest BCUT2D eigenvalue weighted by Gasteiger charge is 2.04. The molecule has 3 nitrogen and oxygen atoms in total. The predicted octanol–water partition coefficient (Wildman–Crippen LogP) is 1.91. The van der Waals surface area contributed by atoms with E-state index in [0.717, 1.165) is 44.2 Å². The number of nitrogens with zero attached hydrogens (tertiary/aromatic N) is 3. The Hall–Kier alpha value is -0.540. The van der Waals surface area contributed by atoms with Crippen LogP contribution in [0.3, 0.4) is 0 Å². The Morgan fingerprint density at radius 3 is 2.80 bits per heavy atom. The van der Waals surface area contributed by atoms with Gasteiger partial charge in [-0.2, -0.15) is 0 Å². The number of aromatic nitrogens is 2. The number of rotatable bonds is 7. The van der Waals surface area contributed by atoms with Gasteiger partial charge in [-0.3, -0.25) is 0 Å². The summed E-state index contributed by atoms with van der Waals surface area (Å²) >= 11 is 5.68. The zero-order valence-corrected chi connectivity index (χ0v) is 10.4. The minimum atomic E-state index is 0.749. The monoisotopic (exact) mass is 229 g/mol. The number of alkyl halides is 1. The first-order valence-electron chi connectivity index (χ1n) is 5.52. The number of likely N-dealkylation sites (N-methyl/N-ethyl adjacent to an activating group) is 1. The van der Waals surface area contributed by atoms with Gasteiger partial charge in [0, 0.05) is 38.3 Å². The van der Waals surface area contributed by atoms with Gasteiger partial charge in [-0.05, 0) is 19.5 Å². The molecule has 1 aromatic heterocycles. The normalized spacial score (nSPS) is 11.2. The third-order valence-corrected chi connectivity index (χ3v) is 2.90. The fourth-order valence-corrected chi connectivity index (χ4v) is 1.73. The van der Waals surface area contributed by atoms with Crippen LogP contribution >= 0.6 is 11.6 Å². The molecule has 0 radical (unpaired) electrons. The standard InChI is InChI=1S/C11H20ClN3/c1-3-15(8-4-6-12)9-5-11-13-7-10-14(11)2/h7,10H,3-6,8-9H2,1-2H3. The van der Waals surface area contributed by atoms with E-state index < -0.39 is 0 Å². The molecule has 0 atom stereocenters. The summed E-state index contributed by atoms with van der Waals surface area (Å²) in [5.41, 5.74) is 0. The molecule has 0 aromatic carbocycles. The molecule has 0 fully saturated rings.